The lowest BCUT2D eigenvalue weighted by atomic mass is 9.94. The maximum atomic E-state index is 12.1. The van der Waals surface area contributed by atoms with Gasteiger partial charge in [-0.05, 0) is 25.1 Å². The zero-order chi connectivity index (χ0) is 26.7. The molecule has 2 rings (SSSR count). The van der Waals surface area contributed by atoms with Crippen LogP contribution < -0.4 is 16.0 Å². The van der Waals surface area contributed by atoms with Crippen molar-refractivity contribution in [3.8, 4) is 0 Å². The average Bonchev–Trinajstić information content (AvgIpc) is 2.78. The van der Waals surface area contributed by atoms with Gasteiger partial charge in [0.2, 0.25) is 0 Å². The fourth-order valence-corrected chi connectivity index (χ4v) is 3.92. The number of carbonyl (C=O) groups is 4. The van der Waals surface area contributed by atoms with E-state index in [4.69, 9.17) is 18.9 Å². The molecule has 200 valence electrons. The van der Waals surface area contributed by atoms with Gasteiger partial charge in [0.1, 0.15) is 18.9 Å². The van der Waals surface area contributed by atoms with E-state index in [0.717, 1.165) is 19.3 Å². The molecule has 1 unspecified atom stereocenters. The van der Waals surface area contributed by atoms with Gasteiger partial charge in [-0.2, -0.15) is 0 Å². The molecule has 12 heteroatoms. The molecule has 0 bridgehead atoms. The van der Waals surface area contributed by atoms with Crippen molar-refractivity contribution in [1.29, 1.82) is 0 Å². The molecule has 0 radical (unpaired) electrons. The SMILES string of the molecule is CCCCCN[C@H]1C(Nc2ccccc2NC(=O)O)O[C@H](COC(C)=O)[C@@H](OC(C)=O)[C@@H]1OC(C)=O. The van der Waals surface area contributed by atoms with Crippen LogP contribution >= 0.6 is 0 Å². The molecule has 0 spiro atoms. The van der Waals surface area contributed by atoms with Crippen LogP contribution in [0.5, 0.6) is 0 Å². The Labute approximate surface area is 210 Å². The molecule has 1 aliphatic rings. The van der Waals surface area contributed by atoms with E-state index in [0.29, 0.717) is 12.2 Å². The fraction of sp³-hybridized carbons (Fsp3) is 0.583. The first-order valence-electron chi connectivity index (χ1n) is 11.8. The lowest BCUT2D eigenvalue weighted by molar-refractivity contribution is -0.219. The normalized spacial score (nSPS) is 23.3. The van der Waals surface area contributed by atoms with Crippen molar-refractivity contribution in [3.63, 3.8) is 0 Å². The second-order valence-corrected chi connectivity index (χ2v) is 8.35. The van der Waals surface area contributed by atoms with Gasteiger partial charge < -0.3 is 34.7 Å². The predicted octanol–water partition coefficient (Wildman–Crippen LogP) is 2.49. The third-order valence-electron chi connectivity index (χ3n) is 5.37. The van der Waals surface area contributed by atoms with Crippen LogP contribution in [0.2, 0.25) is 0 Å². The molecule has 0 aliphatic carbocycles. The molecule has 1 heterocycles. The number of hydrogen-bond acceptors (Lipinski definition) is 10. The first-order valence-corrected chi connectivity index (χ1v) is 11.8. The summed E-state index contributed by atoms with van der Waals surface area (Å²) < 4.78 is 22.5. The molecule has 4 N–H and O–H groups in total. The molecular formula is C24H35N3O9. The van der Waals surface area contributed by atoms with E-state index in [9.17, 15) is 24.3 Å². The Balaban J connectivity index is 2.46. The standard InChI is InChI=1S/C24H35N3O9/c1-5-6-9-12-25-20-22(35-16(4)30)21(34-15(3)29)19(13-33-14(2)28)36-23(20)26-17-10-7-8-11-18(17)27-24(31)32/h7-8,10-11,19-23,25-27H,5-6,9,12-13H2,1-4H3,(H,31,32)/t19-,20-,21-,22-,23?/m1/s1. The molecule has 1 aliphatic heterocycles. The molecular weight excluding hydrogens is 474 g/mol. The highest BCUT2D eigenvalue weighted by Crippen LogP contribution is 2.30. The first-order chi connectivity index (χ1) is 17.1. The summed E-state index contributed by atoms with van der Waals surface area (Å²) in [5.41, 5.74) is 0.685. The number of ether oxygens (including phenoxy) is 4. The number of benzene rings is 1. The van der Waals surface area contributed by atoms with Crippen LogP contribution in [-0.4, -0.2) is 72.8 Å². The van der Waals surface area contributed by atoms with E-state index in [1.54, 1.807) is 24.3 Å². The summed E-state index contributed by atoms with van der Waals surface area (Å²) in [4.78, 5) is 46.8. The molecule has 1 fully saturated rings. The Bertz CT molecular complexity index is 911. The van der Waals surface area contributed by atoms with E-state index in [1.165, 1.54) is 20.8 Å². The van der Waals surface area contributed by atoms with Gasteiger partial charge in [-0.25, -0.2) is 4.79 Å². The molecule has 1 aromatic rings. The minimum Gasteiger partial charge on any atom is -0.465 e. The number of rotatable bonds is 12. The van der Waals surface area contributed by atoms with Crippen molar-refractivity contribution in [3.05, 3.63) is 24.3 Å². The van der Waals surface area contributed by atoms with Crippen molar-refractivity contribution < 1.29 is 43.2 Å². The number of anilines is 2. The van der Waals surface area contributed by atoms with Gasteiger partial charge in [0.15, 0.2) is 12.2 Å². The van der Waals surface area contributed by atoms with Gasteiger partial charge in [0.25, 0.3) is 0 Å². The van der Waals surface area contributed by atoms with Gasteiger partial charge in [0.05, 0.1) is 17.4 Å². The lowest BCUT2D eigenvalue weighted by Crippen LogP contribution is -2.67. The molecule has 1 amide bonds. The molecule has 12 nitrogen and oxygen atoms in total. The average molecular weight is 510 g/mol. The minimum absolute atomic E-state index is 0.263. The van der Waals surface area contributed by atoms with Crippen LogP contribution in [-0.2, 0) is 33.3 Å². The van der Waals surface area contributed by atoms with Crippen molar-refractivity contribution in [2.24, 2.45) is 0 Å². The van der Waals surface area contributed by atoms with E-state index in [2.05, 4.69) is 22.9 Å². The summed E-state index contributed by atoms with van der Waals surface area (Å²) in [5.74, 6) is -1.79. The highest BCUT2D eigenvalue weighted by molar-refractivity contribution is 5.88. The Morgan fingerprint density at radius 3 is 2.17 bits per heavy atom. The second-order valence-electron chi connectivity index (χ2n) is 8.35. The number of esters is 3. The van der Waals surface area contributed by atoms with Crippen LogP contribution in [0.15, 0.2) is 24.3 Å². The van der Waals surface area contributed by atoms with Crippen molar-refractivity contribution in [2.45, 2.75) is 77.5 Å². The smallest absolute Gasteiger partial charge is 0.409 e. The van der Waals surface area contributed by atoms with Gasteiger partial charge in [-0.1, -0.05) is 31.9 Å². The number of carboxylic acid groups (broad SMARTS) is 1. The predicted molar refractivity (Wildman–Crippen MR) is 129 cm³/mol. The summed E-state index contributed by atoms with van der Waals surface area (Å²) in [6.07, 6.45) is -2.40. The van der Waals surface area contributed by atoms with Crippen LogP contribution in [0, 0.1) is 0 Å². The highest BCUT2D eigenvalue weighted by Gasteiger charge is 2.50. The summed E-state index contributed by atoms with van der Waals surface area (Å²) in [6.45, 7) is 6.04. The second kappa shape index (κ2) is 14.2. The van der Waals surface area contributed by atoms with Crippen LogP contribution in [0.25, 0.3) is 0 Å². The molecule has 0 saturated carbocycles. The number of hydrogen-bond donors (Lipinski definition) is 4. The largest absolute Gasteiger partial charge is 0.465 e. The van der Waals surface area contributed by atoms with Gasteiger partial charge in [-0.3, -0.25) is 19.7 Å². The third kappa shape index (κ3) is 9.00. The monoisotopic (exact) mass is 509 g/mol. The fourth-order valence-electron chi connectivity index (χ4n) is 3.92. The Morgan fingerprint density at radius 2 is 1.58 bits per heavy atom. The summed E-state index contributed by atoms with van der Waals surface area (Å²) in [6, 6.07) is 5.90. The van der Waals surface area contributed by atoms with Crippen LogP contribution in [0.3, 0.4) is 0 Å². The van der Waals surface area contributed by atoms with Gasteiger partial charge in [0, 0.05) is 20.8 Å². The van der Waals surface area contributed by atoms with Gasteiger partial charge >= 0.3 is 24.0 Å². The minimum atomic E-state index is -1.25. The topological polar surface area (TPSA) is 162 Å². The number of nitrogens with one attached hydrogen (secondary N) is 3. The number of unbranched alkanes of at least 4 members (excludes halogenated alkanes) is 2. The van der Waals surface area contributed by atoms with Crippen LogP contribution in [0.4, 0.5) is 16.2 Å². The summed E-state index contributed by atoms with van der Waals surface area (Å²) in [5, 5.41) is 18.0. The van der Waals surface area contributed by atoms with E-state index >= 15 is 0 Å². The maximum Gasteiger partial charge on any atom is 0.409 e. The summed E-state index contributed by atoms with van der Waals surface area (Å²) in [7, 11) is 0. The van der Waals surface area contributed by atoms with E-state index in [-0.39, 0.29) is 12.3 Å². The lowest BCUT2D eigenvalue weighted by Gasteiger charge is -2.46. The van der Waals surface area contributed by atoms with E-state index in [1.807, 2.05) is 0 Å². The maximum absolute atomic E-state index is 12.1. The van der Waals surface area contributed by atoms with Crippen molar-refractivity contribution in [1.82, 2.24) is 5.32 Å². The van der Waals surface area contributed by atoms with Crippen molar-refractivity contribution in [2.75, 3.05) is 23.8 Å². The molecule has 0 aromatic heterocycles. The number of amides is 1. The quantitative estimate of drug-likeness (QED) is 0.186. The van der Waals surface area contributed by atoms with Crippen LogP contribution in [0.1, 0.15) is 47.0 Å². The summed E-state index contributed by atoms with van der Waals surface area (Å²) >= 11 is 0. The zero-order valence-corrected chi connectivity index (χ0v) is 20.9. The highest BCUT2D eigenvalue weighted by atomic mass is 16.6. The third-order valence-corrected chi connectivity index (χ3v) is 5.37. The number of carbonyl (C=O) groups excluding carboxylic acids is 3. The van der Waals surface area contributed by atoms with Gasteiger partial charge in [-0.15, -0.1) is 0 Å². The number of para-hydroxylation sites is 2. The molecule has 1 aromatic carbocycles. The van der Waals surface area contributed by atoms with E-state index < -0.39 is 54.6 Å². The molecule has 1 saturated heterocycles. The molecule has 36 heavy (non-hydrogen) atoms. The zero-order valence-electron chi connectivity index (χ0n) is 20.9. The Morgan fingerprint density at radius 1 is 0.944 bits per heavy atom. The first kappa shape index (κ1) is 28.9. The molecule has 5 atom stereocenters. The Hall–Kier alpha value is -3.38. The Kier molecular flexibility index (Phi) is 11.4. The van der Waals surface area contributed by atoms with Crippen molar-refractivity contribution >= 4 is 35.4 Å².